The first-order valence-corrected chi connectivity index (χ1v) is 15.9. The van der Waals surface area contributed by atoms with Crippen LogP contribution in [0.15, 0.2) is 0 Å². The molecule has 0 aromatic carbocycles. The molecular formula is C32H72N5+. The minimum Gasteiger partial charge on any atom is -0.322 e. The number of likely N-dealkylation sites (tertiary alicyclic amines) is 1. The number of rotatable bonds is 5. The Hall–Kier alpha value is -0.200. The molecule has 3 fully saturated rings. The van der Waals surface area contributed by atoms with Crippen molar-refractivity contribution in [3.05, 3.63) is 0 Å². The van der Waals surface area contributed by atoms with Crippen molar-refractivity contribution in [3.63, 3.8) is 0 Å². The smallest absolute Gasteiger partial charge is 0.0916 e. The third-order valence-electron chi connectivity index (χ3n) is 8.45. The predicted octanol–water partition coefficient (Wildman–Crippen LogP) is 6.14. The maximum absolute atomic E-state index is 2.59. The number of nitrogens with zero attached hydrogens (tertiary/aromatic N) is 5. The maximum atomic E-state index is 2.59. The fourth-order valence-corrected chi connectivity index (χ4v) is 5.00. The lowest BCUT2D eigenvalue weighted by Gasteiger charge is -2.46. The van der Waals surface area contributed by atoms with Gasteiger partial charge in [0.2, 0.25) is 0 Å². The summed E-state index contributed by atoms with van der Waals surface area (Å²) in [5.74, 6) is 0.833. The van der Waals surface area contributed by atoms with E-state index in [2.05, 4.69) is 117 Å². The van der Waals surface area contributed by atoms with Gasteiger partial charge in [-0.05, 0) is 101 Å². The molecule has 3 aliphatic rings. The highest BCUT2D eigenvalue weighted by Gasteiger charge is 2.31. The van der Waals surface area contributed by atoms with Crippen molar-refractivity contribution in [2.24, 2.45) is 5.92 Å². The summed E-state index contributed by atoms with van der Waals surface area (Å²) in [5, 5.41) is 0. The molecule has 0 atom stereocenters. The molecule has 0 aromatic heterocycles. The molecule has 5 heteroatoms. The van der Waals surface area contributed by atoms with Gasteiger partial charge in [0.15, 0.2) is 0 Å². The minimum absolute atomic E-state index is 0.722. The molecule has 3 heterocycles. The number of hydrogen-bond donors (Lipinski definition) is 0. The van der Waals surface area contributed by atoms with Crippen molar-refractivity contribution < 1.29 is 4.48 Å². The van der Waals surface area contributed by atoms with Gasteiger partial charge in [0.25, 0.3) is 0 Å². The van der Waals surface area contributed by atoms with E-state index in [0.29, 0.717) is 0 Å². The van der Waals surface area contributed by atoms with Gasteiger partial charge in [-0.1, -0.05) is 20.8 Å². The second-order valence-electron chi connectivity index (χ2n) is 14.0. The summed E-state index contributed by atoms with van der Waals surface area (Å²) < 4.78 is 1.25. The zero-order valence-corrected chi connectivity index (χ0v) is 28.2. The van der Waals surface area contributed by atoms with Crippen LogP contribution < -0.4 is 0 Å². The van der Waals surface area contributed by atoms with Crippen LogP contribution in [0.4, 0.5) is 0 Å². The standard InChI is InChI=1S/C11H25N2.C10H22N2.C7H15N.C4H10/c1-10(2)12-6-8-13(5,9-7-12)11(3)4;1-9(2)11-5-7-12(8-6-11)10(3)4;1-7(2)8-5-3-4-6-8;1-4(2)3/h10-11H,6-9H2,1-5H3;9-10H,5-8H2,1-4H3;7H,3-6H2,1-2H3;4H,1-3H3/q+1;;;. The molecule has 3 aliphatic heterocycles. The van der Waals surface area contributed by atoms with Gasteiger partial charge in [-0.3, -0.25) is 14.7 Å². The molecule has 0 aliphatic carbocycles. The predicted molar refractivity (Wildman–Crippen MR) is 168 cm³/mol. The Morgan fingerprint density at radius 1 is 0.405 bits per heavy atom. The first kappa shape index (κ1) is 36.8. The van der Waals surface area contributed by atoms with Crippen molar-refractivity contribution in [2.45, 2.75) is 133 Å². The Balaban J connectivity index is 0.000000500. The number of likely N-dealkylation sites (N-methyl/N-ethyl adjacent to an activating group) is 1. The van der Waals surface area contributed by atoms with E-state index in [0.717, 1.165) is 36.1 Å². The molecular weight excluding hydrogens is 454 g/mol. The van der Waals surface area contributed by atoms with Crippen LogP contribution in [0.3, 0.4) is 0 Å². The normalized spacial score (nSPS) is 21.7. The van der Waals surface area contributed by atoms with E-state index in [-0.39, 0.29) is 0 Å². The molecule has 0 unspecified atom stereocenters. The fraction of sp³-hybridized carbons (Fsp3) is 1.00. The molecule has 0 N–H and O–H groups in total. The summed E-state index contributed by atoms with van der Waals surface area (Å²) >= 11 is 0. The molecule has 0 radical (unpaired) electrons. The van der Waals surface area contributed by atoms with Crippen molar-refractivity contribution in [1.82, 2.24) is 19.6 Å². The molecule has 0 bridgehead atoms. The van der Waals surface area contributed by atoms with Crippen LogP contribution >= 0.6 is 0 Å². The first-order chi connectivity index (χ1) is 17.1. The minimum atomic E-state index is 0.722. The zero-order chi connectivity index (χ0) is 28.8. The van der Waals surface area contributed by atoms with Crippen LogP contribution in [0.25, 0.3) is 0 Å². The third kappa shape index (κ3) is 15.8. The highest BCUT2D eigenvalue weighted by Crippen LogP contribution is 2.16. The second kappa shape index (κ2) is 19.0. The second-order valence-corrected chi connectivity index (χ2v) is 14.0. The molecule has 5 nitrogen and oxygen atoms in total. The Bertz CT molecular complexity index is 503. The van der Waals surface area contributed by atoms with Gasteiger partial charge in [0.1, 0.15) is 0 Å². The molecule has 37 heavy (non-hydrogen) atoms. The van der Waals surface area contributed by atoms with E-state index >= 15 is 0 Å². The quantitative estimate of drug-likeness (QED) is 0.399. The third-order valence-corrected chi connectivity index (χ3v) is 8.45. The molecule has 0 amide bonds. The summed E-state index contributed by atoms with van der Waals surface area (Å²) in [4.78, 5) is 10.2. The topological polar surface area (TPSA) is 13.0 Å². The van der Waals surface area contributed by atoms with Crippen molar-refractivity contribution in [1.29, 1.82) is 0 Å². The molecule has 224 valence electrons. The number of piperazine rings is 2. The van der Waals surface area contributed by atoms with Crippen LogP contribution in [0.2, 0.25) is 0 Å². The van der Waals surface area contributed by atoms with Crippen molar-refractivity contribution in [2.75, 3.05) is 72.5 Å². The van der Waals surface area contributed by atoms with Crippen LogP contribution in [0.1, 0.15) is 103 Å². The number of quaternary nitrogens is 1. The lowest BCUT2D eigenvalue weighted by atomic mass is 10.1. The number of hydrogen-bond acceptors (Lipinski definition) is 4. The zero-order valence-electron chi connectivity index (χ0n) is 28.2. The molecule has 0 spiro atoms. The van der Waals surface area contributed by atoms with E-state index in [1.165, 1.54) is 82.8 Å². The first-order valence-electron chi connectivity index (χ1n) is 15.9. The Morgan fingerprint density at radius 3 is 0.865 bits per heavy atom. The van der Waals surface area contributed by atoms with Gasteiger partial charge in [-0.2, -0.15) is 0 Å². The van der Waals surface area contributed by atoms with Crippen LogP contribution in [-0.2, 0) is 0 Å². The fourth-order valence-electron chi connectivity index (χ4n) is 5.00. The average molecular weight is 527 g/mol. The lowest BCUT2D eigenvalue weighted by Crippen LogP contribution is -2.61. The summed E-state index contributed by atoms with van der Waals surface area (Å²) in [6, 6.07) is 3.71. The molecule has 3 saturated heterocycles. The summed E-state index contributed by atoms with van der Waals surface area (Å²) in [6.45, 7) is 42.3. The molecule has 0 aromatic rings. The van der Waals surface area contributed by atoms with Gasteiger partial charge in [0.05, 0.1) is 26.2 Å². The summed E-state index contributed by atoms with van der Waals surface area (Å²) in [5.41, 5.74) is 0. The maximum Gasteiger partial charge on any atom is 0.0916 e. The van der Waals surface area contributed by atoms with Crippen LogP contribution in [0, 0.1) is 5.92 Å². The van der Waals surface area contributed by atoms with Gasteiger partial charge in [-0.15, -0.1) is 0 Å². The van der Waals surface area contributed by atoms with Crippen molar-refractivity contribution >= 4 is 0 Å². The van der Waals surface area contributed by atoms with Gasteiger partial charge in [-0.25, -0.2) is 0 Å². The van der Waals surface area contributed by atoms with E-state index in [9.17, 15) is 0 Å². The highest BCUT2D eigenvalue weighted by atomic mass is 15.4. The summed E-state index contributed by atoms with van der Waals surface area (Å²) in [6.07, 6.45) is 2.83. The van der Waals surface area contributed by atoms with E-state index in [1.54, 1.807) is 0 Å². The van der Waals surface area contributed by atoms with E-state index in [4.69, 9.17) is 0 Å². The largest absolute Gasteiger partial charge is 0.322 e. The Morgan fingerprint density at radius 2 is 0.649 bits per heavy atom. The van der Waals surface area contributed by atoms with Gasteiger partial charge < -0.3 is 9.38 Å². The highest BCUT2D eigenvalue weighted by molar-refractivity contribution is 4.76. The average Bonchev–Trinajstić information content (AvgIpc) is 3.35. The monoisotopic (exact) mass is 527 g/mol. The van der Waals surface area contributed by atoms with Gasteiger partial charge >= 0.3 is 0 Å². The van der Waals surface area contributed by atoms with Crippen LogP contribution in [-0.4, -0.2) is 127 Å². The van der Waals surface area contributed by atoms with Crippen molar-refractivity contribution in [3.8, 4) is 0 Å². The SMILES string of the molecule is CC(C)C.CC(C)N1CCCC1.CC(C)N1CCN(C(C)C)CC1.CC(C)N1CC[N+](C)(C(C)C)CC1. The Labute approximate surface area is 235 Å². The Kier molecular flexibility index (Phi) is 18.9. The van der Waals surface area contributed by atoms with E-state index < -0.39 is 0 Å². The van der Waals surface area contributed by atoms with Crippen LogP contribution in [0.5, 0.6) is 0 Å². The lowest BCUT2D eigenvalue weighted by molar-refractivity contribution is -0.933. The molecule has 0 saturated carbocycles. The molecule has 3 rings (SSSR count). The summed E-state index contributed by atoms with van der Waals surface area (Å²) in [7, 11) is 2.39. The van der Waals surface area contributed by atoms with E-state index in [1.807, 2.05) is 0 Å². The van der Waals surface area contributed by atoms with Gasteiger partial charge in [0, 0.05) is 63.4 Å².